The summed E-state index contributed by atoms with van der Waals surface area (Å²) in [6, 6.07) is 19.6. The van der Waals surface area contributed by atoms with Crippen LogP contribution < -0.4 is 5.32 Å². The van der Waals surface area contributed by atoms with Gasteiger partial charge in [-0.3, -0.25) is 4.79 Å². The molecule has 0 aliphatic carbocycles. The van der Waals surface area contributed by atoms with E-state index < -0.39 is 0 Å². The Balaban J connectivity index is 0.000000181. The summed E-state index contributed by atoms with van der Waals surface area (Å²) in [6.45, 7) is 3.58. The number of hydrogen-bond acceptors (Lipinski definition) is 1. The maximum Gasteiger partial charge on any atom is 0.221 e. The summed E-state index contributed by atoms with van der Waals surface area (Å²) in [5.41, 5.74) is 2.16. The quantitative estimate of drug-likeness (QED) is 0.791. The number of carbonyl (C=O) groups is 1. The van der Waals surface area contributed by atoms with Gasteiger partial charge in [0.25, 0.3) is 0 Å². The highest BCUT2D eigenvalue weighted by Crippen LogP contribution is 2.03. The Kier molecular flexibility index (Phi) is 5.52. The Labute approximate surface area is 102 Å². The van der Waals surface area contributed by atoms with Crippen LogP contribution in [0.4, 0.5) is 5.69 Å². The predicted molar refractivity (Wildman–Crippen MR) is 71.9 cm³/mol. The van der Waals surface area contributed by atoms with Gasteiger partial charge in [-0.2, -0.15) is 0 Å². The molecular formula is C15H17NO. The van der Waals surface area contributed by atoms with E-state index in [4.69, 9.17) is 0 Å². The first-order valence-electron chi connectivity index (χ1n) is 5.53. The Morgan fingerprint density at radius 2 is 1.35 bits per heavy atom. The maximum absolute atomic E-state index is 10.5. The van der Waals surface area contributed by atoms with Gasteiger partial charge in [0.1, 0.15) is 0 Å². The van der Waals surface area contributed by atoms with Gasteiger partial charge >= 0.3 is 0 Å². The van der Waals surface area contributed by atoms with E-state index in [9.17, 15) is 4.79 Å². The average Bonchev–Trinajstić information content (AvgIpc) is 2.31. The van der Waals surface area contributed by atoms with Gasteiger partial charge in [-0.15, -0.1) is 0 Å². The molecule has 0 aliphatic rings. The summed E-state index contributed by atoms with van der Waals surface area (Å²) in [5.74, 6) is -0.0359. The molecule has 0 spiro atoms. The lowest BCUT2D eigenvalue weighted by molar-refractivity contribution is -0.114. The lowest BCUT2D eigenvalue weighted by atomic mass is 10.2. The minimum Gasteiger partial charge on any atom is -0.326 e. The van der Waals surface area contributed by atoms with Gasteiger partial charge in [-0.1, -0.05) is 54.1 Å². The van der Waals surface area contributed by atoms with Crippen LogP contribution >= 0.6 is 0 Å². The zero-order valence-electron chi connectivity index (χ0n) is 10.2. The van der Waals surface area contributed by atoms with Crippen molar-refractivity contribution >= 4 is 11.6 Å². The number of carbonyl (C=O) groups excluding carboxylic acids is 1. The second kappa shape index (κ2) is 7.23. The molecule has 0 fully saturated rings. The molecule has 17 heavy (non-hydrogen) atoms. The van der Waals surface area contributed by atoms with Gasteiger partial charge in [0, 0.05) is 12.6 Å². The first kappa shape index (κ1) is 13.0. The van der Waals surface area contributed by atoms with Gasteiger partial charge in [-0.25, -0.2) is 0 Å². The van der Waals surface area contributed by atoms with Gasteiger partial charge in [-0.05, 0) is 19.1 Å². The van der Waals surface area contributed by atoms with Crippen LogP contribution in [0.5, 0.6) is 0 Å². The molecular weight excluding hydrogens is 210 g/mol. The van der Waals surface area contributed by atoms with Gasteiger partial charge in [0.2, 0.25) is 5.91 Å². The van der Waals surface area contributed by atoms with Crippen LogP contribution in [0.1, 0.15) is 12.5 Å². The molecule has 0 atom stereocenters. The van der Waals surface area contributed by atoms with E-state index in [2.05, 4.69) is 24.4 Å². The summed E-state index contributed by atoms with van der Waals surface area (Å²) in [7, 11) is 0. The first-order chi connectivity index (χ1) is 8.18. The fourth-order valence-electron chi connectivity index (χ4n) is 1.26. The molecule has 1 amide bonds. The van der Waals surface area contributed by atoms with E-state index in [-0.39, 0.29) is 5.91 Å². The van der Waals surface area contributed by atoms with Crippen LogP contribution in [0, 0.1) is 6.92 Å². The molecule has 0 bridgehead atoms. The van der Waals surface area contributed by atoms with Crippen LogP contribution in [0.3, 0.4) is 0 Å². The van der Waals surface area contributed by atoms with E-state index in [1.165, 1.54) is 12.5 Å². The Morgan fingerprint density at radius 1 is 0.882 bits per heavy atom. The number of nitrogens with one attached hydrogen (secondary N) is 1. The van der Waals surface area contributed by atoms with Crippen molar-refractivity contribution in [2.24, 2.45) is 0 Å². The summed E-state index contributed by atoms with van der Waals surface area (Å²) in [5, 5.41) is 2.67. The normalized spacial score (nSPS) is 8.82. The van der Waals surface area contributed by atoms with Gasteiger partial charge in [0.15, 0.2) is 0 Å². The topological polar surface area (TPSA) is 29.1 Å². The molecule has 0 aliphatic heterocycles. The summed E-state index contributed by atoms with van der Waals surface area (Å²) in [4.78, 5) is 10.5. The van der Waals surface area contributed by atoms with Crippen molar-refractivity contribution in [1.82, 2.24) is 0 Å². The molecule has 1 N–H and O–H groups in total. The van der Waals surface area contributed by atoms with Crippen molar-refractivity contribution in [2.45, 2.75) is 13.8 Å². The van der Waals surface area contributed by atoms with Crippen molar-refractivity contribution in [3.8, 4) is 0 Å². The second-order valence-electron chi connectivity index (χ2n) is 3.70. The number of aryl methyl sites for hydroxylation is 1. The van der Waals surface area contributed by atoms with Crippen LogP contribution in [-0.2, 0) is 4.79 Å². The van der Waals surface area contributed by atoms with Crippen LogP contribution in [0.2, 0.25) is 0 Å². The molecule has 2 aromatic rings. The van der Waals surface area contributed by atoms with E-state index in [0.29, 0.717) is 0 Å². The third-order valence-corrected chi connectivity index (χ3v) is 2.03. The zero-order chi connectivity index (χ0) is 12.5. The molecule has 2 heteroatoms. The molecule has 0 unspecified atom stereocenters. The van der Waals surface area contributed by atoms with Crippen molar-refractivity contribution < 1.29 is 4.79 Å². The lowest BCUT2D eigenvalue weighted by Crippen LogP contribution is -2.04. The third kappa shape index (κ3) is 6.15. The maximum atomic E-state index is 10.5. The third-order valence-electron chi connectivity index (χ3n) is 2.03. The van der Waals surface area contributed by atoms with Crippen molar-refractivity contribution in [3.05, 3.63) is 66.2 Å². The molecule has 0 saturated carbocycles. The van der Waals surface area contributed by atoms with Crippen molar-refractivity contribution in [2.75, 3.05) is 5.32 Å². The number of para-hydroxylation sites is 1. The molecule has 0 radical (unpaired) electrons. The SMILES string of the molecule is CC(=O)Nc1ccccc1.Cc1ccccc1. The number of rotatable bonds is 1. The fraction of sp³-hybridized carbons (Fsp3) is 0.133. The largest absolute Gasteiger partial charge is 0.326 e. The summed E-state index contributed by atoms with van der Waals surface area (Å²) in [6.07, 6.45) is 0. The second-order valence-corrected chi connectivity index (χ2v) is 3.70. The molecule has 0 heterocycles. The minimum atomic E-state index is -0.0359. The van der Waals surface area contributed by atoms with Crippen LogP contribution in [0.15, 0.2) is 60.7 Å². The highest BCUT2D eigenvalue weighted by atomic mass is 16.1. The molecule has 0 aromatic heterocycles. The highest BCUT2D eigenvalue weighted by Gasteiger charge is 1.90. The van der Waals surface area contributed by atoms with Crippen molar-refractivity contribution in [3.63, 3.8) is 0 Å². The summed E-state index contributed by atoms with van der Waals surface area (Å²) < 4.78 is 0. The molecule has 88 valence electrons. The molecule has 2 rings (SSSR count). The van der Waals surface area contributed by atoms with Gasteiger partial charge in [0.05, 0.1) is 0 Å². The van der Waals surface area contributed by atoms with E-state index in [1.807, 2.05) is 48.5 Å². The Morgan fingerprint density at radius 3 is 1.71 bits per heavy atom. The molecule has 2 nitrogen and oxygen atoms in total. The Hall–Kier alpha value is -2.09. The minimum absolute atomic E-state index is 0.0359. The molecule has 0 saturated heterocycles. The number of hydrogen-bond donors (Lipinski definition) is 1. The average molecular weight is 227 g/mol. The van der Waals surface area contributed by atoms with E-state index in [1.54, 1.807) is 0 Å². The smallest absolute Gasteiger partial charge is 0.221 e. The van der Waals surface area contributed by atoms with Gasteiger partial charge < -0.3 is 5.32 Å². The zero-order valence-corrected chi connectivity index (χ0v) is 10.2. The van der Waals surface area contributed by atoms with E-state index in [0.717, 1.165) is 5.69 Å². The number of benzene rings is 2. The van der Waals surface area contributed by atoms with Crippen LogP contribution in [-0.4, -0.2) is 5.91 Å². The standard InChI is InChI=1S/C8H9NO.C7H8/c1-7(10)9-8-5-3-2-4-6-8;1-7-5-3-2-4-6-7/h2-6H,1H3,(H,9,10);2-6H,1H3. The van der Waals surface area contributed by atoms with Crippen molar-refractivity contribution in [1.29, 1.82) is 0 Å². The van der Waals surface area contributed by atoms with E-state index >= 15 is 0 Å². The predicted octanol–water partition coefficient (Wildman–Crippen LogP) is 3.64. The number of anilines is 1. The monoisotopic (exact) mass is 227 g/mol. The highest BCUT2D eigenvalue weighted by molar-refractivity contribution is 5.88. The molecule has 2 aromatic carbocycles. The number of amides is 1. The Bertz CT molecular complexity index is 437. The van der Waals surface area contributed by atoms with Crippen LogP contribution in [0.25, 0.3) is 0 Å². The fourth-order valence-corrected chi connectivity index (χ4v) is 1.26. The summed E-state index contributed by atoms with van der Waals surface area (Å²) >= 11 is 0. The first-order valence-corrected chi connectivity index (χ1v) is 5.53. The lowest BCUT2D eigenvalue weighted by Gasteiger charge is -1.98.